The molecule has 3 aromatic rings. The third-order valence-electron chi connectivity index (χ3n) is 3.00. The van der Waals surface area contributed by atoms with E-state index in [9.17, 15) is 4.79 Å². The van der Waals surface area contributed by atoms with E-state index in [1.54, 1.807) is 12.1 Å². The lowest BCUT2D eigenvalue weighted by Crippen LogP contribution is -2.20. The third kappa shape index (κ3) is 3.31. The van der Waals surface area contributed by atoms with Crippen molar-refractivity contribution in [2.45, 2.75) is 0 Å². The number of nitrogens with zero attached hydrogens (tertiary/aromatic N) is 2. The summed E-state index contributed by atoms with van der Waals surface area (Å²) in [5.74, 6) is 0.412. The lowest BCUT2D eigenvalue weighted by atomic mass is 10.3. The van der Waals surface area contributed by atoms with Crippen LogP contribution in [0.2, 0.25) is 10.0 Å². The first-order valence-corrected chi connectivity index (χ1v) is 7.38. The van der Waals surface area contributed by atoms with Gasteiger partial charge in [-0.25, -0.2) is 0 Å². The Morgan fingerprint density at radius 1 is 1.00 bits per heavy atom. The lowest BCUT2D eigenvalue weighted by Gasteiger charge is -2.11. The maximum Gasteiger partial charge on any atom is 0.271 e. The van der Waals surface area contributed by atoms with Crippen molar-refractivity contribution in [2.24, 2.45) is 0 Å². The zero-order chi connectivity index (χ0) is 16.4. The molecule has 1 aromatic heterocycles. The number of nitrogen functional groups attached to an aromatic ring is 1. The monoisotopic (exact) mass is 347 g/mol. The zero-order valence-corrected chi connectivity index (χ0v) is 13.3. The van der Waals surface area contributed by atoms with Gasteiger partial charge in [0.05, 0.1) is 15.7 Å². The molecule has 23 heavy (non-hydrogen) atoms. The van der Waals surface area contributed by atoms with Crippen molar-refractivity contribution in [1.82, 2.24) is 9.78 Å². The fourth-order valence-corrected chi connectivity index (χ4v) is 2.57. The summed E-state index contributed by atoms with van der Waals surface area (Å²) in [4.78, 5) is 12.0. The van der Waals surface area contributed by atoms with Crippen LogP contribution in [0, 0.1) is 0 Å². The lowest BCUT2D eigenvalue weighted by molar-refractivity contribution is 0.447. The number of benzene rings is 2. The Labute approximate surface area is 141 Å². The van der Waals surface area contributed by atoms with Gasteiger partial charge in [-0.15, -0.1) is 5.10 Å². The molecular weight excluding hydrogens is 337 g/mol. The fourth-order valence-electron chi connectivity index (χ4n) is 1.98. The number of halogens is 2. The highest BCUT2D eigenvalue weighted by atomic mass is 35.5. The van der Waals surface area contributed by atoms with Gasteiger partial charge in [-0.2, -0.15) is 4.68 Å². The van der Waals surface area contributed by atoms with E-state index in [2.05, 4.69) is 5.10 Å². The molecule has 0 aliphatic rings. The van der Waals surface area contributed by atoms with Crippen LogP contribution in [-0.4, -0.2) is 9.78 Å². The SMILES string of the molecule is Nc1cc(Cl)c(Oc2ccc(=O)n(-c3ccccc3)n2)c(Cl)c1. The van der Waals surface area contributed by atoms with Gasteiger partial charge in [0.15, 0.2) is 5.75 Å². The van der Waals surface area contributed by atoms with Gasteiger partial charge in [-0.3, -0.25) is 4.79 Å². The van der Waals surface area contributed by atoms with Crippen LogP contribution in [0.15, 0.2) is 59.4 Å². The molecule has 2 N–H and O–H groups in total. The Bertz CT molecular complexity index is 888. The average Bonchev–Trinajstić information content (AvgIpc) is 2.53. The quantitative estimate of drug-likeness (QED) is 0.729. The molecule has 0 atom stereocenters. The summed E-state index contributed by atoms with van der Waals surface area (Å²) in [6, 6.07) is 14.9. The molecule has 2 aromatic carbocycles. The minimum Gasteiger partial charge on any atom is -0.434 e. The summed E-state index contributed by atoms with van der Waals surface area (Å²) in [7, 11) is 0. The summed E-state index contributed by atoms with van der Waals surface area (Å²) < 4.78 is 6.85. The van der Waals surface area contributed by atoms with Gasteiger partial charge in [-0.1, -0.05) is 41.4 Å². The normalized spacial score (nSPS) is 10.5. The topological polar surface area (TPSA) is 70.1 Å². The molecule has 0 aliphatic heterocycles. The third-order valence-corrected chi connectivity index (χ3v) is 3.57. The number of hydrogen-bond acceptors (Lipinski definition) is 4. The van der Waals surface area contributed by atoms with E-state index in [0.29, 0.717) is 11.4 Å². The van der Waals surface area contributed by atoms with Crippen LogP contribution < -0.4 is 16.0 Å². The molecule has 0 radical (unpaired) electrons. The smallest absolute Gasteiger partial charge is 0.271 e. The number of hydrogen-bond donors (Lipinski definition) is 1. The number of rotatable bonds is 3. The molecular formula is C16H11Cl2N3O2. The van der Waals surface area contributed by atoms with Gasteiger partial charge >= 0.3 is 0 Å². The standard InChI is InChI=1S/C16H11Cl2N3O2/c17-12-8-10(19)9-13(18)16(12)23-14-6-7-15(22)21(20-14)11-4-2-1-3-5-11/h1-9H,19H2. The summed E-state index contributed by atoms with van der Waals surface area (Å²) in [5.41, 5.74) is 6.42. The highest BCUT2D eigenvalue weighted by Gasteiger charge is 2.12. The van der Waals surface area contributed by atoms with Crippen molar-refractivity contribution in [2.75, 3.05) is 5.73 Å². The van der Waals surface area contributed by atoms with E-state index < -0.39 is 0 Å². The summed E-state index contributed by atoms with van der Waals surface area (Å²) in [5, 5.41) is 4.69. The number of ether oxygens (including phenoxy) is 1. The second-order valence-corrected chi connectivity index (χ2v) is 5.49. The van der Waals surface area contributed by atoms with Crippen LogP contribution in [0.3, 0.4) is 0 Å². The van der Waals surface area contributed by atoms with Crippen LogP contribution in [0.5, 0.6) is 11.6 Å². The molecule has 0 amide bonds. The molecule has 7 heteroatoms. The number of nitrogens with two attached hydrogens (primary N) is 1. The second kappa shape index (κ2) is 6.32. The first-order valence-electron chi connectivity index (χ1n) is 6.63. The van der Waals surface area contributed by atoms with E-state index in [1.165, 1.54) is 28.9 Å². The predicted octanol–water partition coefficient (Wildman–Crippen LogP) is 3.91. The van der Waals surface area contributed by atoms with Crippen molar-refractivity contribution < 1.29 is 4.74 Å². The minimum atomic E-state index is -0.280. The van der Waals surface area contributed by atoms with Gasteiger partial charge in [-0.05, 0) is 24.3 Å². The summed E-state index contributed by atoms with van der Waals surface area (Å²) in [6.45, 7) is 0. The van der Waals surface area contributed by atoms with Crippen molar-refractivity contribution in [3.63, 3.8) is 0 Å². The Hall–Kier alpha value is -2.50. The van der Waals surface area contributed by atoms with E-state index in [0.717, 1.165) is 0 Å². The Balaban J connectivity index is 2.01. The Morgan fingerprint density at radius 2 is 1.65 bits per heavy atom. The molecule has 0 aliphatic carbocycles. The molecule has 0 saturated heterocycles. The first-order chi connectivity index (χ1) is 11.0. The van der Waals surface area contributed by atoms with Gasteiger partial charge in [0.25, 0.3) is 5.56 Å². The zero-order valence-electron chi connectivity index (χ0n) is 11.7. The molecule has 3 rings (SSSR count). The van der Waals surface area contributed by atoms with Crippen molar-refractivity contribution in [3.05, 3.63) is 75.0 Å². The van der Waals surface area contributed by atoms with Crippen LogP contribution in [0.25, 0.3) is 5.69 Å². The van der Waals surface area contributed by atoms with Crippen molar-refractivity contribution in [1.29, 1.82) is 0 Å². The van der Waals surface area contributed by atoms with Gasteiger partial charge in [0.2, 0.25) is 5.88 Å². The average molecular weight is 348 g/mol. The molecule has 0 bridgehead atoms. The molecule has 0 unspecified atom stereocenters. The first kappa shape index (κ1) is 15.4. The molecule has 0 fully saturated rings. The van der Waals surface area contributed by atoms with Crippen LogP contribution in [0.4, 0.5) is 5.69 Å². The molecule has 5 nitrogen and oxygen atoms in total. The highest BCUT2D eigenvalue weighted by molar-refractivity contribution is 6.37. The minimum absolute atomic E-state index is 0.182. The van der Waals surface area contributed by atoms with Crippen LogP contribution in [0.1, 0.15) is 0 Å². The number of anilines is 1. The number of aromatic nitrogens is 2. The van der Waals surface area contributed by atoms with E-state index in [-0.39, 0.29) is 27.2 Å². The van der Waals surface area contributed by atoms with Crippen molar-refractivity contribution >= 4 is 28.9 Å². The Kier molecular flexibility index (Phi) is 4.23. The molecule has 1 heterocycles. The maximum atomic E-state index is 12.0. The molecule has 0 spiro atoms. The van der Waals surface area contributed by atoms with Gasteiger partial charge < -0.3 is 10.5 Å². The van der Waals surface area contributed by atoms with E-state index in [1.807, 2.05) is 18.2 Å². The van der Waals surface area contributed by atoms with Crippen molar-refractivity contribution in [3.8, 4) is 17.3 Å². The van der Waals surface area contributed by atoms with Gasteiger partial charge in [0, 0.05) is 17.8 Å². The Morgan fingerprint density at radius 3 is 2.30 bits per heavy atom. The fraction of sp³-hybridized carbons (Fsp3) is 0. The van der Waals surface area contributed by atoms with E-state index >= 15 is 0 Å². The molecule has 116 valence electrons. The summed E-state index contributed by atoms with van der Waals surface area (Å²) in [6.07, 6.45) is 0. The largest absolute Gasteiger partial charge is 0.434 e. The maximum absolute atomic E-state index is 12.0. The van der Waals surface area contributed by atoms with E-state index in [4.69, 9.17) is 33.7 Å². The predicted molar refractivity (Wildman–Crippen MR) is 90.8 cm³/mol. The van der Waals surface area contributed by atoms with Gasteiger partial charge in [0.1, 0.15) is 0 Å². The van der Waals surface area contributed by atoms with Crippen LogP contribution >= 0.6 is 23.2 Å². The van der Waals surface area contributed by atoms with Crippen LogP contribution in [-0.2, 0) is 0 Å². The summed E-state index contributed by atoms with van der Waals surface area (Å²) >= 11 is 12.2. The highest BCUT2D eigenvalue weighted by Crippen LogP contribution is 2.37. The number of para-hydroxylation sites is 1. The second-order valence-electron chi connectivity index (χ2n) is 4.67. The molecule has 0 saturated carbocycles.